The third-order valence-corrected chi connectivity index (χ3v) is 4.41. The maximum Gasteiger partial charge on any atom is 0.191 e. The molecule has 1 atom stereocenters. The predicted octanol–water partition coefficient (Wildman–Crippen LogP) is 2.31. The number of morpholine rings is 1. The first-order valence-corrected chi connectivity index (χ1v) is 8.68. The Balaban J connectivity index is 0.00000225. The molecule has 1 aromatic rings. The summed E-state index contributed by atoms with van der Waals surface area (Å²) in [5.74, 6) is 1.87. The smallest absolute Gasteiger partial charge is 0.191 e. The lowest BCUT2D eigenvalue weighted by Gasteiger charge is -2.32. The number of halogens is 1. The van der Waals surface area contributed by atoms with Gasteiger partial charge in [-0.15, -0.1) is 24.0 Å². The van der Waals surface area contributed by atoms with Crippen molar-refractivity contribution in [3.8, 4) is 0 Å². The summed E-state index contributed by atoms with van der Waals surface area (Å²) < 4.78 is 5.61. The van der Waals surface area contributed by atoms with Gasteiger partial charge in [0.1, 0.15) is 5.82 Å². The van der Waals surface area contributed by atoms with Crippen LogP contribution in [-0.4, -0.2) is 49.8 Å². The standard InChI is InChI=1S/C18H27N5O.HI/c1-14-13-23(9-10-24-14)17-11-15(7-8-20-17)12-21-18(19-2)22-16-5-3-4-6-16;/h3-4,7-8,11,14,16H,5-6,9-10,12-13H2,1-2H3,(H2,19,21,22);1H. The molecule has 6 nitrogen and oxygen atoms in total. The Kier molecular flexibility index (Phi) is 7.95. The zero-order chi connectivity index (χ0) is 16.8. The van der Waals surface area contributed by atoms with Crippen molar-refractivity contribution in [3.63, 3.8) is 0 Å². The average molecular weight is 457 g/mol. The second kappa shape index (κ2) is 9.96. The molecule has 1 saturated heterocycles. The molecule has 0 amide bonds. The molecule has 0 aromatic carbocycles. The van der Waals surface area contributed by atoms with E-state index in [1.54, 1.807) is 0 Å². The Morgan fingerprint density at radius 2 is 2.20 bits per heavy atom. The normalized spacial score (nSPS) is 21.1. The predicted molar refractivity (Wildman–Crippen MR) is 113 cm³/mol. The Labute approximate surface area is 167 Å². The molecule has 1 fully saturated rings. The van der Waals surface area contributed by atoms with Crippen LogP contribution in [0.4, 0.5) is 5.82 Å². The first-order chi connectivity index (χ1) is 11.7. The topological polar surface area (TPSA) is 61.8 Å². The third kappa shape index (κ3) is 5.85. The highest BCUT2D eigenvalue weighted by Gasteiger charge is 2.18. The Hall–Kier alpha value is -1.35. The number of guanidine groups is 1. The summed E-state index contributed by atoms with van der Waals surface area (Å²) in [5, 5.41) is 6.85. The van der Waals surface area contributed by atoms with Gasteiger partial charge in [0.2, 0.25) is 0 Å². The van der Waals surface area contributed by atoms with E-state index < -0.39 is 0 Å². The molecule has 2 heterocycles. The third-order valence-electron chi connectivity index (χ3n) is 4.41. The van der Waals surface area contributed by atoms with Crippen LogP contribution in [0.1, 0.15) is 25.3 Å². The van der Waals surface area contributed by atoms with E-state index in [1.807, 2.05) is 19.3 Å². The number of ether oxygens (including phenoxy) is 1. The van der Waals surface area contributed by atoms with Crippen LogP contribution in [0.2, 0.25) is 0 Å². The number of aromatic nitrogens is 1. The number of rotatable bonds is 4. The number of aliphatic imine (C=N–C) groups is 1. The van der Waals surface area contributed by atoms with Gasteiger partial charge in [0, 0.05) is 38.9 Å². The van der Waals surface area contributed by atoms with Crippen LogP contribution in [-0.2, 0) is 11.3 Å². The van der Waals surface area contributed by atoms with Crippen molar-refractivity contribution in [3.05, 3.63) is 36.0 Å². The number of nitrogens with zero attached hydrogens (tertiary/aromatic N) is 3. The van der Waals surface area contributed by atoms with E-state index in [2.05, 4.69) is 50.7 Å². The van der Waals surface area contributed by atoms with Gasteiger partial charge in [-0.25, -0.2) is 4.98 Å². The van der Waals surface area contributed by atoms with Gasteiger partial charge in [-0.1, -0.05) is 12.2 Å². The van der Waals surface area contributed by atoms with E-state index in [0.29, 0.717) is 6.04 Å². The fourth-order valence-corrected chi connectivity index (χ4v) is 3.08. The monoisotopic (exact) mass is 457 g/mol. The van der Waals surface area contributed by atoms with Gasteiger partial charge < -0.3 is 20.3 Å². The SMILES string of the molecule is CN=C(NCc1ccnc(N2CCOC(C)C2)c1)NC1CC=CC1.I. The molecule has 25 heavy (non-hydrogen) atoms. The van der Waals surface area contributed by atoms with Crippen LogP contribution < -0.4 is 15.5 Å². The van der Waals surface area contributed by atoms with E-state index in [-0.39, 0.29) is 30.1 Å². The highest BCUT2D eigenvalue weighted by molar-refractivity contribution is 14.0. The summed E-state index contributed by atoms with van der Waals surface area (Å²) in [6.07, 6.45) is 8.69. The summed E-state index contributed by atoms with van der Waals surface area (Å²) in [4.78, 5) is 11.1. The molecule has 7 heteroatoms. The Morgan fingerprint density at radius 1 is 1.40 bits per heavy atom. The largest absolute Gasteiger partial charge is 0.375 e. The zero-order valence-electron chi connectivity index (χ0n) is 14.9. The Bertz CT molecular complexity index is 599. The number of hydrogen-bond acceptors (Lipinski definition) is 4. The van der Waals surface area contributed by atoms with Crippen LogP contribution in [0.3, 0.4) is 0 Å². The number of anilines is 1. The van der Waals surface area contributed by atoms with Crippen LogP contribution in [0.25, 0.3) is 0 Å². The molecule has 1 aromatic heterocycles. The molecule has 1 unspecified atom stereocenters. The molecule has 1 aliphatic heterocycles. The van der Waals surface area contributed by atoms with Crippen molar-refractivity contribution in [1.29, 1.82) is 0 Å². The van der Waals surface area contributed by atoms with Gasteiger partial charge in [0.05, 0.1) is 12.7 Å². The molecule has 3 rings (SSSR count). The zero-order valence-corrected chi connectivity index (χ0v) is 17.3. The molecule has 2 aliphatic rings. The molecular formula is C18H28IN5O. The molecule has 0 bridgehead atoms. The average Bonchev–Trinajstić information content (AvgIpc) is 3.12. The number of pyridine rings is 1. The van der Waals surface area contributed by atoms with Gasteiger partial charge in [0.25, 0.3) is 0 Å². The maximum atomic E-state index is 5.61. The minimum absolute atomic E-state index is 0. The first kappa shape index (κ1) is 20.0. The second-order valence-electron chi connectivity index (χ2n) is 6.36. The van der Waals surface area contributed by atoms with Gasteiger partial charge in [0.15, 0.2) is 5.96 Å². The highest BCUT2D eigenvalue weighted by atomic mass is 127. The number of hydrogen-bond donors (Lipinski definition) is 2. The lowest BCUT2D eigenvalue weighted by Crippen LogP contribution is -2.42. The quantitative estimate of drug-likeness (QED) is 0.315. The van der Waals surface area contributed by atoms with Crippen LogP contribution >= 0.6 is 24.0 Å². The fourth-order valence-electron chi connectivity index (χ4n) is 3.08. The molecule has 138 valence electrons. The van der Waals surface area contributed by atoms with Gasteiger partial charge in [-0.3, -0.25) is 4.99 Å². The van der Waals surface area contributed by atoms with E-state index in [1.165, 1.54) is 5.56 Å². The molecule has 2 N–H and O–H groups in total. The molecular weight excluding hydrogens is 429 g/mol. The number of nitrogens with one attached hydrogen (secondary N) is 2. The second-order valence-corrected chi connectivity index (χ2v) is 6.36. The summed E-state index contributed by atoms with van der Waals surface area (Å²) in [6.45, 7) is 5.38. The Morgan fingerprint density at radius 3 is 2.92 bits per heavy atom. The van der Waals surface area contributed by atoms with Crippen LogP contribution in [0.15, 0.2) is 35.5 Å². The minimum Gasteiger partial charge on any atom is -0.375 e. The van der Waals surface area contributed by atoms with E-state index >= 15 is 0 Å². The van der Waals surface area contributed by atoms with Gasteiger partial charge >= 0.3 is 0 Å². The van der Waals surface area contributed by atoms with E-state index in [0.717, 1.165) is 50.9 Å². The van der Waals surface area contributed by atoms with Crippen molar-refractivity contribution in [2.24, 2.45) is 4.99 Å². The minimum atomic E-state index is 0. The van der Waals surface area contributed by atoms with Crippen molar-refractivity contribution in [2.75, 3.05) is 31.6 Å². The van der Waals surface area contributed by atoms with Crippen LogP contribution in [0.5, 0.6) is 0 Å². The van der Waals surface area contributed by atoms with Crippen LogP contribution in [0, 0.1) is 0 Å². The van der Waals surface area contributed by atoms with Crippen molar-refractivity contribution in [1.82, 2.24) is 15.6 Å². The van der Waals surface area contributed by atoms with Crippen molar-refractivity contribution >= 4 is 35.8 Å². The lowest BCUT2D eigenvalue weighted by atomic mass is 10.2. The molecule has 1 aliphatic carbocycles. The van der Waals surface area contributed by atoms with Crippen molar-refractivity contribution in [2.45, 2.75) is 38.5 Å². The lowest BCUT2D eigenvalue weighted by molar-refractivity contribution is 0.0529. The summed E-state index contributed by atoms with van der Waals surface area (Å²) in [7, 11) is 1.81. The molecule has 0 radical (unpaired) electrons. The summed E-state index contributed by atoms with van der Waals surface area (Å²) in [5.41, 5.74) is 1.20. The van der Waals surface area contributed by atoms with Gasteiger partial charge in [-0.05, 0) is 37.5 Å². The summed E-state index contributed by atoms with van der Waals surface area (Å²) in [6, 6.07) is 4.65. The maximum absolute atomic E-state index is 5.61. The van der Waals surface area contributed by atoms with E-state index in [9.17, 15) is 0 Å². The fraction of sp³-hybridized carbons (Fsp3) is 0.556. The molecule has 0 spiro atoms. The summed E-state index contributed by atoms with van der Waals surface area (Å²) >= 11 is 0. The first-order valence-electron chi connectivity index (χ1n) is 8.68. The van der Waals surface area contributed by atoms with E-state index in [4.69, 9.17) is 4.74 Å². The molecule has 0 saturated carbocycles. The van der Waals surface area contributed by atoms with Crippen molar-refractivity contribution < 1.29 is 4.74 Å². The highest BCUT2D eigenvalue weighted by Crippen LogP contribution is 2.16. The van der Waals surface area contributed by atoms with Gasteiger partial charge in [-0.2, -0.15) is 0 Å².